The Bertz CT molecular complexity index is 1180. The minimum atomic E-state index is -1.13. The summed E-state index contributed by atoms with van der Waals surface area (Å²) in [6, 6.07) is 3.17. The van der Waals surface area contributed by atoms with Gasteiger partial charge < -0.3 is 16.2 Å². The minimum Gasteiger partial charge on any atom is -0.465 e. The Hall–Kier alpha value is -4.22. The number of pyridine rings is 1. The van der Waals surface area contributed by atoms with Gasteiger partial charge in [0.25, 0.3) is 5.91 Å². The number of rotatable bonds is 8. The van der Waals surface area contributed by atoms with Gasteiger partial charge in [0.1, 0.15) is 11.2 Å². The van der Waals surface area contributed by atoms with E-state index in [0.29, 0.717) is 29.1 Å². The number of imidazole rings is 1. The van der Waals surface area contributed by atoms with Gasteiger partial charge in [0.15, 0.2) is 5.65 Å². The Balaban J connectivity index is 1.94. The minimum absolute atomic E-state index is 0.123. The smallest absolute Gasteiger partial charge is 0.404 e. The zero-order valence-electron chi connectivity index (χ0n) is 17.0. The van der Waals surface area contributed by atoms with E-state index in [1.165, 1.54) is 12.3 Å². The summed E-state index contributed by atoms with van der Waals surface area (Å²) < 4.78 is 3.22. The second kappa shape index (κ2) is 9.07. The van der Waals surface area contributed by atoms with Crippen molar-refractivity contribution in [2.45, 2.75) is 26.9 Å². The lowest BCUT2D eigenvalue weighted by atomic mass is 10.2. The molecule has 0 aliphatic rings. The lowest BCUT2D eigenvalue weighted by molar-refractivity contribution is 0.0995. The van der Waals surface area contributed by atoms with Crippen LogP contribution in [0.1, 0.15) is 33.5 Å². The van der Waals surface area contributed by atoms with Crippen LogP contribution >= 0.6 is 0 Å². The monoisotopic (exact) mass is 426 g/mol. The van der Waals surface area contributed by atoms with Crippen molar-refractivity contribution in [3.63, 3.8) is 0 Å². The van der Waals surface area contributed by atoms with Gasteiger partial charge in [-0.15, -0.1) is 0 Å². The summed E-state index contributed by atoms with van der Waals surface area (Å²) in [6.07, 6.45) is 3.53. The molecule has 12 nitrogen and oxygen atoms in total. The number of hydrogen-bond acceptors (Lipinski definition) is 6. The number of carbonyl (C=O) groups is 3. The molecule has 0 aliphatic heterocycles. The molecule has 0 saturated heterocycles. The summed E-state index contributed by atoms with van der Waals surface area (Å²) in [5.74, 6) is -0.825. The molecular weight excluding hydrogens is 404 g/mol. The largest absolute Gasteiger partial charge is 0.465 e. The fourth-order valence-electron chi connectivity index (χ4n) is 2.96. The number of nitrogens with two attached hydrogens (primary N) is 1. The van der Waals surface area contributed by atoms with Crippen LogP contribution in [-0.4, -0.2) is 53.9 Å². The van der Waals surface area contributed by atoms with Crippen LogP contribution in [0, 0.1) is 6.92 Å². The average molecular weight is 426 g/mol. The quantitative estimate of drug-likeness (QED) is 0.391. The number of nitrogens with zero attached hydrogens (tertiary/aromatic N) is 5. The van der Waals surface area contributed by atoms with E-state index in [0.717, 1.165) is 0 Å². The number of fused-ring (bicyclic) bond motifs is 1. The maximum absolute atomic E-state index is 12.8. The van der Waals surface area contributed by atoms with Crippen LogP contribution in [0.3, 0.4) is 0 Å². The molecule has 3 heterocycles. The Morgan fingerprint density at radius 2 is 2.03 bits per heavy atom. The predicted octanol–water partition coefficient (Wildman–Crippen LogP) is 1.13. The molecule has 0 aromatic carbocycles. The zero-order chi connectivity index (χ0) is 22.5. The number of nitrogens with one attached hydrogen (secondary N) is 2. The van der Waals surface area contributed by atoms with Gasteiger partial charge in [-0.25, -0.2) is 14.8 Å². The first-order chi connectivity index (χ1) is 14.8. The SMILES string of the molecule is CCn1nc(C)cc1C(=O)Nc1nc2cc(C(N)=O)cnc2n1C/C=C/CNC(=O)O. The number of aromatic nitrogens is 5. The van der Waals surface area contributed by atoms with Gasteiger partial charge in [-0.2, -0.15) is 5.10 Å². The number of aryl methyl sites for hydroxylation is 2. The van der Waals surface area contributed by atoms with Crippen molar-refractivity contribution in [3.05, 3.63) is 47.4 Å². The number of hydrogen-bond donors (Lipinski definition) is 4. The molecule has 0 radical (unpaired) electrons. The summed E-state index contributed by atoms with van der Waals surface area (Å²) in [5.41, 5.74) is 7.41. The van der Waals surface area contributed by atoms with E-state index < -0.39 is 17.9 Å². The molecule has 0 aliphatic carbocycles. The molecule has 3 amide bonds. The van der Waals surface area contributed by atoms with Crippen molar-refractivity contribution in [3.8, 4) is 0 Å². The van der Waals surface area contributed by atoms with Gasteiger partial charge >= 0.3 is 6.09 Å². The van der Waals surface area contributed by atoms with E-state index in [1.807, 2.05) is 6.92 Å². The first-order valence-corrected chi connectivity index (χ1v) is 9.43. The topological polar surface area (TPSA) is 170 Å². The third-order valence-electron chi connectivity index (χ3n) is 4.35. The van der Waals surface area contributed by atoms with Crippen molar-refractivity contribution < 1.29 is 19.5 Å². The highest BCUT2D eigenvalue weighted by Crippen LogP contribution is 2.20. The fourth-order valence-corrected chi connectivity index (χ4v) is 2.96. The van der Waals surface area contributed by atoms with Crippen molar-refractivity contribution in [1.29, 1.82) is 0 Å². The molecule has 31 heavy (non-hydrogen) atoms. The van der Waals surface area contributed by atoms with Crippen LogP contribution in [-0.2, 0) is 13.1 Å². The first kappa shape index (κ1) is 21.5. The Kier molecular flexibility index (Phi) is 6.29. The van der Waals surface area contributed by atoms with E-state index in [9.17, 15) is 14.4 Å². The summed E-state index contributed by atoms with van der Waals surface area (Å²) in [6.45, 7) is 4.57. The molecule has 3 rings (SSSR count). The molecule has 5 N–H and O–H groups in total. The lowest BCUT2D eigenvalue weighted by Gasteiger charge is -2.08. The molecule has 0 fully saturated rings. The van der Waals surface area contributed by atoms with Crippen molar-refractivity contribution >= 4 is 35.0 Å². The van der Waals surface area contributed by atoms with Crippen LogP contribution in [0.4, 0.5) is 10.7 Å². The predicted molar refractivity (Wildman–Crippen MR) is 112 cm³/mol. The van der Waals surface area contributed by atoms with Crippen LogP contribution in [0.5, 0.6) is 0 Å². The molecule has 0 bridgehead atoms. The van der Waals surface area contributed by atoms with Crippen LogP contribution in [0.25, 0.3) is 11.2 Å². The van der Waals surface area contributed by atoms with Gasteiger partial charge in [-0.1, -0.05) is 12.2 Å². The average Bonchev–Trinajstić information content (AvgIpc) is 3.26. The lowest BCUT2D eigenvalue weighted by Crippen LogP contribution is -2.21. The molecule has 162 valence electrons. The number of carbonyl (C=O) groups excluding carboxylic acids is 2. The molecule has 12 heteroatoms. The van der Waals surface area contributed by atoms with E-state index in [4.69, 9.17) is 10.8 Å². The summed E-state index contributed by atoms with van der Waals surface area (Å²) in [4.78, 5) is 43.5. The Morgan fingerprint density at radius 3 is 2.71 bits per heavy atom. The van der Waals surface area contributed by atoms with Crippen molar-refractivity contribution in [2.75, 3.05) is 11.9 Å². The number of amides is 3. The fraction of sp³-hybridized carbons (Fsp3) is 0.263. The normalized spacial score (nSPS) is 11.2. The summed E-state index contributed by atoms with van der Waals surface area (Å²) >= 11 is 0. The molecule has 0 saturated carbocycles. The van der Waals surface area contributed by atoms with Crippen molar-refractivity contribution in [2.24, 2.45) is 5.73 Å². The van der Waals surface area contributed by atoms with Gasteiger partial charge in [0.05, 0.1) is 11.3 Å². The van der Waals surface area contributed by atoms with Crippen molar-refractivity contribution in [1.82, 2.24) is 29.6 Å². The molecule has 3 aromatic heterocycles. The van der Waals surface area contributed by atoms with Gasteiger partial charge in [0.2, 0.25) is 11.9 Å². The Labute approximate surface area is 176 Å². The number of allylic oxidation sites excluding steroid dienone is 1. The molecule has 0 atom stereocenters. The molecule has 3 aromatic rings. The van der Waals surface area contributed by atoms with Crippen LogP contribution < -0.4 is 16.4 Å². The zero-order valence-corrected chi connectivity index (χ0v) is 17.0. The highest BCUT2D eigenvalue weighted by Gasteiger charge is 2.19. The van der Waals surface area contributed by atoms with E-state index >= 15 is 0 Å². The first-order valence-electron chi connectivity index (χ1n) is 9.43. The van der Waals surface area contributed by atoms with E-state index in [1.54, 1.807) is 34.4 Å². The van der Waals surface area contributed by atoms with Gasteiger partial charge in [-0.05, 0) is 26.0 Å². The van der Waals surface area contributed by atoms with Crippen LogP contribution in [0.15, 0.2) is 30.5 Å². The Morgan fingerprint density at radius 1 is 1.26 bits per heavy atom. The second-order valence-electron chi connectivity index (χ2n) is 6.58. The van der Waals surface area contributed by atoms with Gasteiger partial charge in [0, 0.05) is 25.8 Å². The molecule has 0 unspecified atom stereocenters. The van der Waals surface area contributed by atoms with E-state index in [-0.39, 0.29) is 24.6 Å². The van der Waals surface area contributed by atoms with Gasteiger partial charge in [-0.3, -0.25) is 24.2 Å². The highest BCUT2D eigenvalue weighted by molar-refractivity contribution is 6.03. The third kappa shape index (κ3) is 4.86. The number of primary amides is 1. The summed E-state index contributed by atoms with van der Waals surface area (Å²) in [7, 11) is 0. The highest BCUT2D eigenvalue weighted by atomic mass is 16.4. The molecule has 0 spiro atoms. The standard InChI is InChI=1S/C19H22N8O4/c1-3-27-14(8-11(2)25-27)17(29)24-18-23-13-9-12(15(20)28)10-22-16(13)26(18)7-5-4-6-21-19(30)31/h4-5,8-10,21H,3,6-7H2,1-2H3,(H2,20,28)(H,30,31)(H,23,24,29)/b5-4+. The number of carboxylic acid groups (broad SMARTS) is 1. The van der Waals surface area contributed by atoms with E-state index in [2.05, 4.69) is 25.7 Å². The third-order valence-corrected chi connectivity index (χ3v) is 4.35. The van der Waals surface area contributed by atoms with Crippen LogP contribution in [0.2, 0.25) is 0 Å². The number of anilines is 1. The summed E-state index contributed by atoms with van der Waals surface area (Å²) in [5, 5.41) is 17.9. The maximum Gasteiger partial charge on any atom is 0.404 e. The maximum atomic E-state index is 12.8. The second-order valence-corrected chi connectivity index (χ2v) is 6.58. The molecular formula is C19H22N8O4.